The van der Waals surface area contributed by atoms with Crippen LogP contribution in [0.3, 0.4) is 0 Å². The van der Waals surface area contributed by atoms with Crippen LogP contribution in [0, 0.1) is 6.92 Å². The van der Waals surface area contributed by atoms with Crippen molar-refractivity contribution < 1.29 is 4.79 Å². The summed E-state index contributed by atoms with van der Waals surface area (Å²) in [5, 5.41) is 6.16. The average Bonchev–Trinajstić information content (AvgIpc) is 2.47. The van der Waals surface area contributed by atoms with Gasteiger partial charge in [-0.25, -0.2) is 0 Å². The molecule has 21 heavy (non-hydrogen) atoms. The Morgan fingerprint density at radius 1 is 1.33 bits per heavy atom. The minimum atomic E-state index is -0.0130. The number of carbonyl (C=O) groups is 1. The molecule has 5 nitrogen and oxygen atoms in total. The van der Waals surface area contributed by atoms with Gasteiger partial charge < -0.3 is 15.5 Å². The lowest BCUT2D eigenvalue weighted by Crippen LogP contribution is -2.54. The Labute approximate surface area is 127 Å². The van der Waals surface area contributed by atoms with Crippen LogP contribution in [0.2, 0.25) is 0 Å². The lowest BCUT2D eigenvalue weighted by Gasteiger charge is -2.37. The number of hydrogen-bond acceptors (Lipinski definition) is 4. The fourth-order valence-corrected chi connectivity index (χ4v) is 2.69. The van der Waals surface area contributed by atoms with Gasteiger partial charge in [-0.3, -0.25) is 9.69 Å². The minimum absolute atomic E-state index is 0.0130. The summed E-state index contributed by atoms with van der Waals surface area (Å²) < 4.78 is 0. The number of piperazine rings is 1. The highest BCUT2D eigenvalue weighted by Gasteiger charge is 2.23. The van der Waals surface area contributed by atoms with Crippen LogP contribution >= 0.6 is 0 Å². The van der Waals surface area contributed by atoms with Gasteiger partial charge in [-0.2, -0.15) is 0 Å². The molecule has 1 heterocycles. The molecule has 1 atom stereocenters. The standard InChI is InChI=1S/C16H26N4O/c1-12-5-6-14(15(9-12)17-2)16(21)18-10-13-11-19(3)7-8-20(13)4/h5-6,9,13,17H,7-8,10-11H2,1-4H3,(H,18,21). The van der Waals surface area contributed by atoms with Crippen LogP contribution in [-0.4, -0.2) is 69.1 Å². The summed E-state index contributed by atoms with van der Waals surface area (Å²) in [4.78, 5) is 17.0. The maximum atomic E-state index is 12.4. The third-order valence-corrected chi connectivity index (χ3v) is 4.17. The van der Waals surface area contributed by atoms with Crippen LogP contribution in [0.15, 0.2) is 18.2 Å². The number of nitrogens with zero attached hydrogens (tertiary/aromatic N) is 2. The van der Waals surface area contributed by atoms with Crippen molar-refractivity contribution >= 4 is 11.6 Å². The lowest BCUT2D eigenvalue weighted by molar-refractivity contribution is 0.0882. The normalized spacial score (nSPS) is 20.3. The third-order valence-electron chi connectivity index (χ3n) is 4.17. The molecule has 0 aliphatic carbocycles. The Balaban J connectivity index is 1.98. The first-order valence-corrected chi connectivity index (χ1v) is 7.46. The first kappa shape index (κ1) is 15.8. The van der Waals surface area contributed by atoms with E-state index in [0.29, 0.717) is 18.2 Å². The molecule has 0 radical (unpaired) electrons. The van der Waals surface area contributed by atoms with E-state index in [2.05, 4.69) is 34.5 Å². The number of likely N-dealkylation sites (N-methyl/N-ethyl adjacent to an activating group) is 2. The Morgan fingerprint density at radius 2 is 2.10 bits per heavy atom. The molecule has 0 aromatic heterocycles. The molecule has 1 aliphatic rings. The molecule has 2 rings (SSSR count). The Bertz CT molecular complexity index is 503. The van der Waals surface area contributed by atoms with Crippen molar-refractivity contribution in [3.05, 3.63) is 29.3 Å². The van der Waals surface area contributed by atoms with Crippen molar-refractivity contribution in [2.24, 2.45) is 0 Å². The summed E-state index contributed by atoms with van der Waals surface area (Å²) in [5.74, 6) is -0.0130. The van der Waals surface area contributed by atoms with Crippen LogP contribution in [0.1, 0.15) is 15.9 Å². The number of benzene rings is 1. The van der Waals surface area contributed by atoms with E-state index in [1.54, 1.807) is 0 Å². The quantitative estimate of drug-likeness (QED) is 0.869. The fraction of sp³-hybridized carbons (Fsp3) is 0.562. The molecular weight excluding hydrogens is 264 g/mol. The second kappa shape index (κ2) is 6.91. The molecular formula is C16H26N4O. The zero-order chi connectivity index (χ0) is 15.4. The number of rotatable bonds is 4. The van der Waals surface area contributed by atoms with Crippen molar-refractivity contribution in [2.75, 3.05) is 52.6 Å². The van der Waals surface area contributed by atoms with Crippen molar-refractivity contribution in [2.45, 2.75) is 13.0 Å². The fourth-order valence-electron chi connectivity index (χ4n) is 2.69. The minimum Gasteiger partial charge on any atom is -0.387 e. The van der Waals surface area contributed by atoms with E-state index in [4.69, 9.17) is 0 Å². The van der Waals surface area contributed by atoms with Crippen LogP contribution in [-0.2, 0) is 0 Å². The molecule has 1 aliphatic heterocycles. The summed E-state index contributed by atoms with van der Waals surface area (Å²) >= 11 is 0. The predicted octanol–water partition coefficient (Wildman–Crippen LogP) is 1.01. The summed E-state index contributed by atoms with van der Waals surface area (Å²) in [5.41, 5.74) is 2.72. The van der Waals surface area contributed by atoms with E-state index in [-0.39, 0.29) is 5.91 Å². The lowest BCUT2D eigenvalue weighted by atomic mass is 10.1. The van der Waals surface area contributed by atoms with E-state index >= 15 is 0 Å². The van der Waals surface area contributed by atoms with E-state index in [9.17, 15) is 4.79 Å². The summed E-state index contributed by atoms with van der Waals surface area (Å²) in [6.45, 7) is 5.82. The largest absolute Gasteiger partial charge is 0.387 e. The smallest absolute Gasteiger partial charge is 0.253 e. The molecule has 0 saturated carbocycles. The van der Waals surface area contributed by atoms with Gasteiger partial charge in [-0.15, -0.1) is 0 Å². The maximum absolute atomic E-state index is 12.4. The molecule has 1 aromatic carbocycles. The third kappa shape index (κ3) is 3.95. The van der Waals surface area contributed by atoms with Crippen molar-refractivity contribution in [1.29, 1.82) is 0 Å². The Morgan fingerprint density at radius 3 is 2.81 bits per heavy atom. The zero-order valence-electron chi connectivity index (χ0n) is 13.4. The van der Waals surface area contributed by atoms with Gasteiger partial charge in [0.25, 0.3) is 5.91 Å². The van der Waals surface area contributed by atoms with E-state index in [1.165, 1.54) is 0 Å². The van der Waals surface area contributed by atoms with Gasteiger partial charge in [0.05, 0.1) is 5.56 Å². The van der Waals surface area contributed by atoms with Crippen molar-refractivity contribution in [1.82, 2.24) is 15.1 Å². The first-order chi connectivity index (χ1) is 10.0. The van der Waals surface area contributed by atoms with Gasteiger partial charge in [0.1, 0.15) is 0 Å². The zero-order valence-corrected chi connectivity index (χ0v) is 13.4. The first-order valence-electron chi connectivity index (χ1n) is 7.46. The molecule has 0 spiro atoms. The van der Waals surface area contributed by atoms with Crippen LogP contribution < -0.4 is 10.6 Å². The monoisotopic (exact) mass is 290 g/mol. The van der Waals surface area contributed by atoms with E-state index in [0.717, 1.165) is 30.9 Å². The second-order valence-electron chi connectivity index (χ2n) is 5.91. The van der Waals surface area contributed by atoms with Crippen LogP contribution in [0.4, 0.5) is 5.69 Å². The molecule has 1 unspecified atom stereocenters. The molecule has 116 valence electrons. The number of hydrogen-bond donors (Lipinski definition) is 2. The van der Waals surface area contributed by atoms with Gasteiger partial charge in [-0.05, 0) is 38.7 Å². The van der Waals surface area contributed by atoms with Crippen molar-refractivity contribution in [3.8, 4) is 0 Å². The highest BCUT2D eigenvalue weighted by Crippen LogP contribution is 2.17. The summed E-state index contributed by atoms with van der Waals surface area (Å²) in [6.07, 6.45) is 0. The molecule has 1 saturated heterocycles. The molecule has 0 bridgehead atoms. The van der Waals surface area contributed by atoms with Gasteiger partial charge in [0.2, 0.25) is 0 Å². The topological polar surface area (TPSA) is 47.6 Å². The molecule has 1 aromatic rings. The highest BCUT2D eigenvalue weighted by atomic mass is 16.1. The van der Waals surface area contributed by atoms with Gasteiger partial charge in [-0.1, -0.05) is 6.07 Å². The number of amides is 1. The maximum Gasteiger partial charge on any atom is 0.253 e. The second-order valence-corrected chi connectivity index (χ2v) is 5.91. The Kier molecular flexibility index (Phi) is 5.20. The number of anilines is 1. The molecule has 1 fully saturated rings. The van der Waals surface area contributed by atoms with Gasteiger partial charge in [0, 0.05) is 45.0 Å². The van der Waals surface area contributed by atoms with Crippen LogP contribution in [0.25, 0.3) is 0 Å². The number of nitrogens with one attached hydrogen (secondary N) is 2. The van der Waals surface area contributed by atoms with Gasteiger partial charge in [0.15, 0.2) is 0 Å². The summed E-state index contributed by atoms with van der Waals surface area (Å²) in [6, 6.07) is 6.22. The Hall–Kier alpha value is -1.59. The molecule has 1 amide bonds. The average molecular weight is 290 g/mol. The predicted molar refractivity (Wildman–Crippen MR) is 87.0 cm³/mol. The highest BCUT2D eigenvalue weighted by molar-refractivity contribution is 5.99. The number of aryl methyl sites for hydroxylation is 1. The summed E-state index contributed by atoms with van der Waals surface area (Å²) in [7, 11) is 6.09. The SMILES string of the molecule is CNc1cc(C)ccc1C(=O)NCC1CN(C)CCN1C. The van der Waals surface area contributed by atoms with E-state index in [1.807, 2.05) is 32.2 Å². The van der Waals surface area contributed by atoms with Gasteiger partial charge >= 0.3 is 0 Å². The van der Waals surface area contributed by atoms with Crippen LogP contribution in [0.5, 0.6) is 0 Å². The van der Waals surface area contributed by atoms with Crippen molar-refractivity contribution in [3.63, 3.8) is 0 Å². The number of carbonyl (C=O) groups excluding carboxylic acids is 1. The molecule has 5 heteroatoms. The van der Waals surface area contributed by atoms with E-state index < -0.39 is 0 Å². The molecule has 2 N–H and O–H groups in total.